The van der Waals surface area contributed by atoms with E-state index in [9.17, 15) is 14.4 Å². The Labute approximate surface area is 230 Å². The Bertz CT molecular complexity index is 1180. The molecule has 0 heterocycles. The molecule has 0 saturated carbocycles. The van der Waals surface area contributed by atoms with E-state index in [1.54, 1.807) is 20.8 Å². The highest BCUT2D eigenvalue weighted by atomic mass is 16.6. The molecule has 0 fully saturated rings. The number of alkyl carbamates (subject to hydrolysis) is 1. The lowest BCUT2D eigenvalue weighted by Gasteiger charge is -2.24. The molecule has 0 radical (unpaired) electrons. The van der Waals surface area contributed by atoms with E-state index in [0.717, 1.165) is 16.7 Å². The van der Waals surface area contributed by atoms with E-state index in [1.165, 1.54) is 0 Å². The highest BCUT2D eigenvalue weighted by Crippen LogP contribution is 2.12. The van der Waals surface area contributed by atoms with Crippen molar-refractivity contribution in [1.82, 2.24) is 10.6 Å². The van der Waals surface area contributed by atoms with E-state index in [1.807, 2.05) is 91.0 Å². The molecule has 3 rings (SSSR count). The van der Waals surface area contributed by atoms with Crippen LogP contribution < -0.4 is 10.6 Å². The maximum Gasteiger partial charge on any atom is 0.407 e. The molecule has 0 aliphatic heterocycles. The van der Waals surface area contributed by atoms with Crippen LogP contribution in [-0.2, 0) is 38.5 Å². The average molecular weight is 531 g/mol. The summed E-state index contributed by atoms with van der Waals surface area (Å²) in [4.78, 5) is 38.4. The maximum atomic E-state index is 13.2. The lowest BCUT2D eigenvalue weighted by atomic mass is 10.0. The van der Waals surface area contributed by atoms with Gasteiger partial charge in [0.1, 0.15) is 12.2 Å². The van der Waals surface area contributed by atoms with Crippen molar-refractivity contribution in [2.24, 2.45) is 0 Å². The van der Waals surface area contributed by atoms with Crippen molar-refractivity contribution in [1.29, 1.82) is 0 Å². The topological polar surface area (TPSA) is 93.7 Å². The Kier molecular flexibility index (Phi) is 11.1. The fourth-order valence-electron chi connectivity index (χ4n) is 4.13. The van der Waals surface area contributed by atoms with Gasteiger partial charge < -0.3 is 20.1 Å². The molecule has 3 aromatic carbocycles. The quantitative estimate of drug-likeness (QED) is 0.307. The van der Waals surface area contributed by atoms with Crippen LogP contribution in [0.2, 0.25) is 0 Å². The number of ether oxygens (including phenoxy) is 2. The van der Waals surface area contributed by atoms with Gasteiger partial charge in [-0.15, -0.1) is 0 Å². The number of esters is 1. The molecule has 0 bridgehead atoms. The molecule has 0 unspecified atom stereocenters. The first-order chi connectivity index (χ1) is 18.7. The Morgan fingerprint density at radius 1 is 0.667 bits per heavy atom. The van der Waals surface area contributed by atoms with Crippen molar-refractivity contribution in [2.75, 3.05) is 0 Å². The number of carbonyl (C=O) groups excluding carboxylic acids is 3. The Balaban J connectivity index is 1.66. The normalized spacial score (nSPS) is 12.6. The Morgan fingerprint density at radius 2 is 1.13 bits per heavy atom. The van der Waals surface area contributed by atoms with E-state index >= 15 is 0 Å². The summed E-state index contributed by atoms with van der Waals surface area (Å²) in [5, 5.41) is 5.84. The molecule has 2 atom stereocenters. The second-order valence-electron chi connectivity index (χ2n) is 10.5. The molecular weight excluding hydrogens is 492 g/mol. The van der Waals surface area contributed by atoms with Gasteiger partial charge >= 0.3 is 12.1 Å². The number of carbonyl (C=O) groups is 3. The molecule has 0 aliphatic rings. The summed E-state index contributed by atoms with van der Waals surface area (Å²) in [7, 11) is 0. The van der Waals surface area contributed by atoms with Gasteiger partial charge in [0.15, 0.2) is 0 Å². The molecule has 7 nitrogen and oxygen atoms in total. The minimum Gasteiger partial charge on any atom is -0.461 e. The summed E-state index contributed by atoms with van der Waals surface area (Å²) in [6, 6.07) is 27.8. The van der Waals surface area contributed by atoms with Crippen molar-refractivity contribution in [2.45, 2.75) is 70.7 Å². The zero-order chi connectivity index (χ0) is 28.1. The largest absolute Gasteiger partial charge is 0.461 e. The lowest BCUT2D eigenvalue weighted by molar-refractivity contribution is -0.145. The fraction of sp³-hybridized carbons (Fsp3) is 0.344. The van der Waals surface area contributed by atoms with Gasteiger partial charge in [-0.05, 0) is 50.3 Å². The number of hydrogen-bond donors (Lipinski definition) is 2. The molecule has 3 aromatic rings. The molecule has 206 valence electrons. The van der Waals surface area contributed by atoms with Crippen molar-refractivity contribution < 1.29 is 23.9 Å². The maximum absolute atomic E-state index is 13.2. The Morgan fingerprint density at radius 3 is 1.62 bits per heavy atom. The van der Waals surface area contributed by atoms with Crippen LogP contribution in [0.3, 0.4) is 0 Å². The minimum absolute atomic E-state index is 0.0241. The molecule has 39 heavy (non-hydrogen) atoms. The van der Waals surface area contributed by atoms with Crippen LogP contribution in [0.25, 0.3) is 0 Å². The van der Waals surface area contributed by atoms with E-state index < -0.39 is 29.7 Å². The van der Waals surface area contributed by atoms with E-state index in [-0.39, 0.29) is 25.4 Å². The highest BCUT2D eigenvalue weighted by Gasteiger charge is 2.24. The van der Waals surface area contributed by atoms with E-state index in [0.29, 0.717) is 12.8 Å². The van der Waals surface area contributed by atoms with Gasteiger partial charge in [-0.25, -0.2) is 4.79 Å². The van der Waals surface area contributed by atoms with Gasteiger partial charge in [0.25, 0.3) is 0 Å². The van der Waals surface area contributed by atoms with Crippen molar-refractivity contribution in [3.8, 4) is 0 Å². The van der Waals surface area contributed by atoms with Gasteiger partial charge in [-0.3, -0.25) is 9.59 Å². The third-order valence-corrected chi connectivity index (χ3v) is 5.82. The summed E-state index contributed by atoms with van der Waals surface area (Å²) >= 11 is 0. The van der Waals surface area contributed by atoms with Gasteiger partial charge in [0.05, 0.1) is 6.42 Å². The van der Waals surface area contributed by atoms with Crippen LogP contribution in [0, 0.1) is 0 Å². The number of amides is 2. The zero-order valence-electron chi connectivity index (χ0n) is 22.9. The molecular formula is C32H38N2O5. The van der Waals surface area contributed by atoms with Gasteiger partial charge in [-0.2, -0.15) is 0 Å². The molecule has 0 aromatic heterocycles. The lowest BCUT2D eigenvalue weighted by Crippen LogP contribution is -2.45. The number of rotatable bonds is 12. The van der Waals surface area contributed by atoms with E-state index in [2.05, 4.69) is 10.6 Å². The second-order valence-corrected chi connectivity index (χ2v) is 10.5. The predicted octanol–water partition coefficient (Wildman–Crippen LogP) is 5.37. The predicted molar refractivity (Wildman–Crippen MR) is 151 cm³/mol. The summed E-state index contributed by atoms with van der Waals surface area (Å²) in [6.45, 7) is 5.54. The summed E-state index contributed by atoms with van der Waals surface area (Å²) in [6.07, 6.45) is 0.391. The molecule has 0 saturated heterocycles. The average Bonchev–Trinajstić information content (AvgIpc) is 2.88. The molecule has 2 amide bonds. The second kappa shape index (κ2) is 14.7. The highest BCUT2D eigenvalue weighted by molar-refractivity contribution is 5.79. The molecule has 0 spiro atoms. The summed E-state index contributed by atoms with van der Waals surface area (Å²) in [5.41, 5.74) is 2.21. The summed E-state index contributed by atoms with van der Waals surface area (Å²) < 4.78 is 10.9. The molecule has 7 heteroatoms. The van der Waals surface area contributed by atoms with Gasteiger partial charge in [0, 0.05) is 18.5 Å². The third kappa shape index (κ3) is 11.9. The first-order valence-corrected chi connectivity index (χ1v) is 13.2. The van der Waals surface area contributed by atoms with E-state index in [4.69, 9.17) is 9.47 Å². The zero-order valence-corrected chi connectivity index (χ0v) is 22.9. The fourth-order valence-corrected chi connectivity index (χ4v) is 4.13. The monoisotopic (exact) mass is 530 g/mol. The standard InChI is InChI=1S/C32H38N2O5/c1-32(2,3)39-31(37)34-27(19-24-13-7-4-8-14-24)21-29(35)33-28(20-25-15-9-5-10-16-25)22-30(36)38-23-26-17-11-6-12-18-26/h4-18,27-28H,19-23H2,1-3H3,(H,33,35)(H,34,37)/t27-,28-/m0/s1. The SMILES string of the molecule is CC(C)(C)OC(=O)N[C@H](CC(=O)N[C@H](CC(=O)OCc1ccccc1)Cc1ccccc1)Cc1ccccc1. The van der Waals surface area contributed by atoms with Gasteiger partial charge in [-0.1, -0.05) is 91.0 Å². The van der Waals surface area contributed by atoms with Crippen LogP contribution >= 0.6 is 0 Å². The van der Waals surface area contributed by atoms with Crippen LogP contribution in [-0.4, -0.2) is 35.7 Å². The third-order valence-electron chi connectivity index (χ3n) is 5.82. The number of nitrogens with one attached hydrogen (secondary N) is 2. The summed E-state index contributed by atoms with van der Waals surface area (Å²) in [5.74, 6) is -0.670. The van der Waals surface area contributed by atoms with Crippen molar-refractivity contribution >= 4 is 18.0 Å². The molecule has 2 N–H and O–H groups in total. The first kappa shape index (κ1) is 29.4. The van der Waals surface area contributed by atoms with Crippen molar-refractivity contribution in [3.05, 3.63) is 108 Å². The minimum atomic E-state index is -0.662. The first-order valence-electron chi connectivity index (χ1n) is 13.2. The van der Waals surface area contributed by atoms with Crippen LogP contribution in [0.5, 0.6) is 0 Å². The Hall–Kier alpha value is -4.13. The van der Waals surface area contributed by atoms with Crippen molar-refractivity contribution in [3.63, 3.8) is 0 Å². The smallest absolute Gasteiger partial charge is 0.407 e. The molecule has 0 aliphatic carbocycles. The van der Waals surface area contributed by atoms with Gasteiger partial charge in [0.2, 0.25) is 5.91 Å². The number of hydrogen-bond acceptors (Lipinski definition) is 5. The van der Waals surface area contributed by atoms with Crippen LogP contribution in [0.15, 0.2) is 91.0 Å². The van der Waals surface area contributed by atoms with Crippen LogP contribution in [0.4, 0.5) is 4.79 Å². The number of benzene rings is 3. The van der Waals surface area contributed by atoms with Crippen LogP contribution in [0.1, 0.15) is 50.3 Å².